The Labute approximate surface area is 68.3 Å². The minimum Gasteiger partial charge on any atom is -0.447 e. The molecule has 0 aromatic heterocycles. The van der Waals surface area contributed by atoms with Crippen LogP contribution in [-0.2, 0) is 9.53 Å². The van der Waals surface area contributed by atoms with E-state index in [1.807, 2.05) is 20.8 Å². The largest absolute Gasteiger partial charge is 0.447 e. The Balaban J connectivity index is 3.78. The molecule has 0 spiro atoms. The van der Waals surface area contributed by atoms with E-state index in [9.17, 15) is 4.79 Å². The number of esters is 1. The molecule has 0 aromatic rings. The molecule has 0 aliphatic heterocycles. The highest BCUT2D eigenvalue weighted by Gasteiger charge is 2.11. The highest BCUT2D eigenvalue weighted by Crippen LogP contribution is 1.99. The van der Waals surface area contributed by atoms with Crippen LogP contribution in [0.1, 0.15) is 27.7 Å². The number of ether oxygens (including phenoxy) is 1. The minimum absolute atomic E-state index is 0.0949. The first-order valence-corrected chi connectivity index (χ1v) is 4.03. The molecule has 0 radical (unpaired) electrons. The maximum atomic E-state index is 10.5. The summed E-state index contributed by atoms with van der Waals surface area (Å²) in [6.45, 7) is 9.22. The van der Waals surface area contributed by atoms with Crippen molar-refractivity contribution in [1.82, 2.24) is 4.90 Å². The molecular weight excluding hydrogens is 142 g/mol. The third-order valence-electron chi connectivity index (χ3n) is 1.66. The number of hydrogen-bond donors (Lipinski definition) is 0. The van der Waals surface area contributed by atoms with Crippen molar-refractivity contribution in [2.24, 2.45) is 0 Å². The molecule has 0 N–H and O–H groups in total. The molecule has 0 aromatic carbocycles. The maximum absolute atomic E-state index is 10.5. The predicted molar refractivity (Wildman–Crippen MR) is 44.1 cm³/mol. The van der Waals surface area contributed by atoms with Crippen LogP contribution in [0.15, 0.2) is 0 Å². The lowest BCUT2D eigenvalue weighted by molar-refractivity contribution is -0.154. The fraction of sp³-hybridized carbons (Fsp3) is 0.875. The molecule has 0 aliphatic carbocycles. The van der Waals surface area contributed by atoms with Crippen LogP contribution in [0.3, 0.4) is 0 Å². The van der Waals surface area contributed by atoms with Gasteiger partial charge in [-0.15, -0.1) is 0 Å². The topological polar surface area (TPSA) is 29.5 Å². The number of rotatable bonds is 4. The maximum Gasteiger partial charge on any atom is 0.304 e. The lowest BCUT2D eigenvalue weighted by Gasteiger charge is -2.25. The third kappa shape index (κ3) is 3.98. The second kappa shape index (κ2) is 5.13. The summed E-state index contributed by atoms with van der Waals surface area (Å²) in [5.41, 5.74) is 0. The normalized spacial score (nSPS) is 13.2. The summed E-state index contributed by atoms with van der Waals surface area (Å²) < 4.78 is 4.98. The first-order chi connectivity index (χ1) is 5.11. The van der Waals surface area contributed by atoms with Crippen molar-refractivity contribution in [2.75, 3.05) is 13.1 Å². The summed E-state index contributed by atoms with van der Waals surface area (Å²) in [5, 5.41) is 0. The van der Waals surface area contributed by atoms with E-state index >= 15 is 0 Å². The average molecular weight is 159 g/mol. The van der Waals surface area contributed by atoms with Crippen LogP contribution >= 0.6 is 0 Å². The molecular formula is C8H17NO2. The summed E-state index contributed by atoms with van der Waals surface area (Å²) in [6.07, 6.45) is -0.0949. The van der Waals surface area contributed by atoms with E-state index in [1.54, 1.807) is 0 Å². The summed E-state index contributed by atoms with van der Waals surface area (Å²) in [7, 11) is 0. The van der Waals surface area contributed by atoms with Crippen molar-refractivity contribution in [3.8, 4) is 0 Å². The van der Waals surface area contributed by atoms with Gasteiger partial charge in [0.1, 0.15) is 0 Å². The zero-order valence-electron chi connectivity index (χ0n) is 7.76. The Hall–Kier alpha value is -0.570. The molecule has 3 heteroatoms. The van der Waals surface area contributed by atoms with E-state index in [2.05, 4.69) is 4.90 Å². The smallest absolute Gasteiger partial charge is 0.304 e. The van der Waals surface area contributed by atoms with Gasteiger partial charge in [-0.05, 0) is 20.0 Å². The van der Waals surface area contributed by atoms with Crippen molar-refractivity contribution >= 4 is 5.97 Å². The predicted octanol–water partition coefficient (Wildman–Crippen LogP) is 1.24. The molecule has 1 atom stereocenters. The molecule has 0 amide bonds. The van der Waals surface area contributed by atoms with Crippen LogP contribution < -0.4 is 0 Å². The number of hydrogen-bond acceptors (Lipinski definition) is 3. The van der Waals surface area contributed by atoms with E-state index in [-0.39, 0.29) is 12.2 Å². The molecule has 11 heavy (non-hydrogen) atoms. The summed E-state index contributed by atoms with van der Waals surface area (Å²) in [4.78, 5) is 12.6. The molecule has 0 fully saturated rings. The molecule has 0 bridgehead atoms. The van der Waals surface area contributed by atoms with E-state index in [0.717, 1.165) is 13.1 Å². The monoisotopic (exact) mass is 159 g/mol. The fourth-order valence-corrected chi connectivity index (χ4v) is 1.05. The van der Waals surface area contributed by atoms with Crippen LogP contribution in [-0.4, -0.2) is 30.2 Å². The number of nitrogens with zero attached hydrogens (tertiary/aromatic N) is 1. The highest BCUT2D eigenvalue weighted by atomic mass is 16.6. The molecule has 0 rings (SSSR count). The highest BCUT2D eigenvalue weighted by molar-refractivity contribution is 5.66. The molecule has 0 saturated heterocycles. The van der Waals surface area contributed by atoms with Crippen LogP contribution in [0.5, 0.6) is 0 Å². The van der Waals surface area contributed by atoms with E-state index in [4.69, 9.17) is 4.74 Å². The molecule has 66 valence electrons. The van der Waals surface area contributed by atoms with Gasteiger partial charge in [-0.1, -0.05) is 13.8 Å². The lowest BCUT2D eigenvalue weighted by atomic mass is 10.4. The number of carbonyl (C=O) groups excluding carboxylic acids is 1. The van der Waals surface area contributed by atoms with Crippen molar-refractivity contribution in [2.45, 2.75) is 33.9 Å². The van der Waals surface area contributed by atoms with Crippen molar-refractivity contribution < 1.29 is 9.53 Å². The standard InChI is InChI=1S/C8H17NO2/c1-5-9(6-2)7(3)11-8(4)10/h7H,5-6H2,1-4H3. The Bertz CT molecular complexity index is 121. The first-order valence-electron chi connectivity index (χ1n) is 4.03. The SMILES string of the molecule is CCN(CC)C(C)OC(C)=O. The summed E-state index contributed by atoms with van der Waals surface area (Å²) in [6, 6.07) is 0. The van der Waals surface area contributed by atoms with Gasteiger partial charge < -0.3 is 4.74 Å². The number of carbonyl (C=O) groups is 1. The van der Waals surface area contributed by atoms with Crippen LogP contribution in [0.2, 0.25) is 0 Å². The Morgan fingerprint density at radius 3 is 2.18 bits per heavy atom. The van der Waals surface area contributed by atoms with Gasteiger partial charge in [0.2, 0.25) is 0 Å². The Kier molecular flexibility index (Phi) is 4.86. The van der Waals surface area contributed by atoms with Gasteiger partial charge in [0.05, 0.1) is 0 Å². The zero-order valence-corrected chi connectivity index (χ0v) is 7.76. The van der Waals surface area contributed by atoms with Crippen LogP contribution in [0.4, 0.5) is 0 Å². The summed E-state index contributed by atoms with van der Waals surface area (Å²) >= 11 is 0. The molecule has 1 unspecified atom stereocenters. The van der Waals surface area contributed by atoms with Gasteiger partial charge in [0, 0.05) is 6.92 Å². The van der Waals surface area contributed by atoms with E-state index in [1.165, 1.54) is 6.92 Å². The first kappa shape index (κ1) is 10.4. The fourth-order valence-electron chi connectivity index (χ4n) is 1.05. The van der Waals surface area contributed by atoms with E-state index in [0.29, 0.717) is 0 Å². The average Bonchev–Trinajstić information content (AvgIpc) is 1.88. The minimum atomic E-state index is -0.218. The second-order valence-corrected chi connectivity index (χ2v) is 2.43. The third-order valence-corrected chi connectivity index (χ3v) is 1.66. The van der Waals surface area contributed by atoms with Gasteiger partial charge in [0.15, 0.2) is 6.23 Å². The van der Waals surface area contributed by atoms with Crippen LogP contribution in [0, 0.1) is 0 Å². The molecule has 0 aliphatic rings. The van der Waals surface area contributed by atoms with Gasteiger partial charge in [-0.25, -0.2) is 0 Å². The summed E-state index contributed by atoms with van der Waals surface area (Å²) in [5.74, 6) is -0.218. The molecule has 0 saturated carbocycles. The van der Waals surface area contributed by atoms with E-state index < -0.39 is 0 Å². The van der Waals surface area contributed by atoms with Gasteiger partial charge in [-0.3, -0.25) is 9.69 Å². The van der Waals surface area contributed by atoms with Crippen molar-refractivity contribution in [1.29, 1.82) is 0 Å². The molecule has 0 heterocycles. The Morgan fingerprint density at radius 2 is 1.91 bits per heavy atom. The second-order valence-electron chi connectivity index (χ2n) is 2.43. The zero-order chi connectivity index (χ0) is 8.85. The molecule has 3 nitrogen and oxygen atoms in total. The van der Waals surface area contributed by atoms with Gasteiger partial charge >= 0.3 is 5.97 Å². The van der Waals surface area contributed by atoms with Crippen molar-refractivity contribution in [3.05, 3.63) is 0 Å². The van der Waals surface area contributed by atoms with Crippen LogP contribution in [0.25, 0.3) is 0 Å². The quantitative estimate of drug-likeness (QED) is 0.456. The van der Waals surface area contributed by atoms with Gasteiger partial charge in [0.25, 0.3) is 0 Å². The van der Waals surface area contributed by atoms with Crippen molar-refractivity contribution in [3.63, 3.8) is 0 Å². The van der Waals surface area contributed by atoms with Gasteiger partial charge in [-0.2, -0.15) is 0 Å². The lowest BCUT2D eigenvalue weighted by Crippen LogP contribution is -2.35. The Morgan fingerprint density at radius 1 is 1.45 bits per heavy atom.